The average molecular weight is 233 g/mol. The van der Waals surface area contributed by atoms with Crippen molar-refractivity contribution in [3.8, 4) is 5.75 Å². The summed E-state index contributed by atoms with van der Waals surface area (Å²) >= 11 is 0. The molecule has 0 amide bonds. The smallest absolute Gasteiger partial charge is 0.161 e. The summed E-state index contributed by atoms with van der Waals surface area (Å²) < 4.78 is 7.07. The van der Waals surface area contributed by atoms with Gasteiger partial charge in [0.1, 0.15) is 5.69 Å². The minimum absolute atomic E-state index is 0.0915. The van der Waals surface area contributed by atoms with E-state index in [0.29, 0.717) is 0 Å². The van der Waals surface area contributed by atoms with Crippen molar-refractivity contribution in [2.24, 2.45) is 7.05 Å². The van der Waals surface area contributed by atoms with Crippen molar-refractivity contribution >= 4 is 0 Å². The molecule has 17 heavy (non-hydrogen) atoms. The van der Waals surface area contributed by atoms with Crippen LogP contribution in [0.2, 0.25) is 0 Å². The molecule has 0 saturated carbocycles. The molecule has 2 aromatic rings. The first-order valence-corrected chi connectivity index (χ1v) is 5.27. The van der Waals surface area contributed by atoms with Crippen molar-refractivity contribution in [2.75, 3.05) is 14.2 Å². The number of aryl methyl sites for hydroxylation is 1. The van der Waals surface area contributed by atoms with E-state index in [4.69, 9.17) is 4.74 Å². The molecule has 0 aromatic carbocycles. The summed E-state index contributed by atoms with van der Waals surface area (Å²) in [5, 5.41) is 7.38. The highest BCUT2D eigenvalue weighted by Gasteiger charge is 2.22. The zero-order valence-corrected chi connectivity index (χ0v) is 10.1. The number of hydrogen-bond donors (Lipinski definition) is 1. The first kappa shape index (κ1) is 11.5. The molecule has 0 radical (unpaired) electrons. The van der Waals surface area contributed by atoms with E-state index in [1.807, 2.05) is 14.1 Å². The molecule has 0 bridgehead atoms. The second-order valence-corrected chi connectivity index (χ2v) is 3.57. The van der Waals surface area contributed by atoms with Crippen molar-refractivity contribution in [1.82, 2.24) is 25.1 Å². The molecular formula is C11H15N5O. The van der Waals surface area contributed by atoms with Crippen molar-refractivity contribution in [3.05, 3.63) is 36.2 Å². The predicted octanol–water partition coefficient (Wildman–Crippen LogP) is 0.527. The maximum absolute atomic E-state index is 5.30. The number of aromatic nitrogens is 4. The third kappa shape index (κ3) is 2.12. The number of rotatable bonds is 4. The molecule has 6 nitrogen and oxygen atoms in total. The monoisotopic (exact) mass is 233 g/mol. The van der Waals surface area contributed by atoms with Crippen LogP contribution >= 0.6 is 0 Å². The van der Waals surface area contributed by atoms with E-state index in [1.54, 1.807) is 36.6 Å². The minimum Gasteiger partial charge on any atom is -0.493 e. The lowest BCUT2D eigenvalue weighted by atomic mass is 10.1. The molecule has 0 aliphatic carbocycles. The van der Waals surface area contributed by atoms with Gasteiger partial charge in [-0.15, -0.1) is 0 Å². The predicted molar refractivity (Wildman–Crippen MR) is 62.7 cm³/mol. The molecule has 0 saturated heterocycles. The Labute approximate surface area is 99.7 Å². The molecule has 2 heterocycles. The van der Waals surface area contributed by atoms with E-state index in [9.17, 15) is 0 Å². The molecule has 0 aliphatic rings. The maximum atomic E-state index is 5.30. The van der Waals surface area contributed by atoms with Gasteiger partial charge in [-0.1, -0.05) is 0 Å². The Kier molecular flexibility index (Phi) is 3.34. The number of ether oxygens (including phenoxy) is 1. The van der Waals surface area contributed by atoms with E-state index in [0.717, 1.165) is 17.1 Å². The Bertz CT molecular complexity index is 482. The van der Waals surface area contributed by atoms with E-state index in [2.05, 4.69) is 20.4 Å². The summed E-state index contributed by atoms with van der Waals surface area (Å²) in [5.74, 6) is 0.734. The lowest BCUT2D eigenvalue weighted by molar-refractivity contribution is 0.402. The van der Waals surface area contributed by atoms with Gasteiger partial charge in [-0.3, -0.25) is 14.6 Å². The SMILES string of the molecule is CNC(c1cnccn1)c1c(OC)cnn1C. The molecule has 6 heteroatoms. The second kappa shape index (κ2) is 4.92. The maximum Gasteiger partial charge on any atom is 0.161 e. The number of nitrogens with one attached hydrogen (secondary N) is 1. The Morgan fingerprint density at radius 1 is 1.35 bits per heavy atom. The normalized spacial score (nSPS) is 12.4. The third-order valence-corrected chi connectivity index (χ3v) is 2.61. The molecule has 90 valence electrons. The van der Waals surface area contributed by atoms with E-state index in [-0.39, 0.29) is 6.04 Å². The van der Waals surface area contributed by atoms with Crippen LogP contribution in [0.4, 0.5) is 0 Å². The molecule has 1 unspecified atom stereocenters. The number of nitrogens with zero attached hydrogens (tertiary/aromatic N) is 4. The molecule has 0 aliphatic heterocycles. The highest BCUT2D eigenvalue weighted by molar-refractivity contribution is 5.32. The van der Waals surface area contributed by atoms with Gasteiger partial charge in [-0.25, -0.2) is 0 Å². The first-order valence-electron chi connectivity index (χ1n) is 5.27. The van der Waals surface area contributed by atoms with Crippen LogP contribution in [0.1, 0.15) is 17.4 Å². The standard InChI is InChI=1S/C11H15N5O/c1-12-10(8-6-13-4-5-14-8)11-9(17-3)7-15-16(11)2/h4-7,10,12H,1-3H3. The lowest BCUT2D eigenvalue weighted by Crippen LogP contribution is -2.22. The Morgan fingerprint density at radius 3 is 2.76 bits per heavy atom. The van der Waals surface area contributed by atoms with Gasteiger partial charge < -0.3 is 10.1 Å². The highest BCUT2D eigenvalue weighted by atomic mass is 16.5. The number of methoxy groups -OCH3 is 1. The third-order valence-electron chi connectivity index (χ3n) is 2.61. The van der Waals surface area contributed by atoms with Gasteiger partial charge in [0, 0.05) is 19.4 Å². The first-order chi connectivity index (χ1) is 8.27. The van der Waals surface area contributed by atoms with Gasteiger partial charge in [-0.05, 0) is 7.05 Å². The quantitative estimate of drug-likeness (QED) is 0.834. The van der Waals surface area contributed by atoms with E-state index in [1.165, 1.54) is 0 Å². The van der Waals surface area contributed by atoms with Crippen LogP contribution in [0, 0.1) is 0 Å². The summed E-state index contributed by atoms with van der Waals surface area (Å²) in [6.45, 7) is 0. The lowest BCUT2D eigenvalue weighted by Gasteiger charge is -2.16. The molecule has 0 fully saturated rings. The van der Waals surface area contributed by atoms with Crippen LogP contribution in [-0.2, 0) is 7.05 Å². The Morgan fingerprint density at radius 2 is 2.18 bits per heavy atom. The topological polar surface area (TPSA) is 64.9 Å². The van der Waals surface area contributed by atoms with E-state index < -0.39 is 0 Å². The summed E-state index contributed by atoms with van der Waals surface area (Å²) in [7, 11) is 5.37. The van der Waals surface area contributed by atoms with Crippen LogP contribution in [0.5, 0.6) is 5.75 Å². The summed E-state index contributed by atoms with van der Waals surface area (Å²) in [5.41, 5.74) is 1.76. The Balaban J connectivity index is 2.45. The fraction of sp³-hybridized carbons (Fsp3) is 0.364. The van der Waals surface area contributed by atoms with Crippen molar-refractivity contribution in [2.45, 2.75) is 6.04 Å². The zero-order valence-electron chi connectivity index (χ0n) is 10.1. The van der Waals surface area contributed by atoms with Crippen molar-refractivity contribution < 1.29 is 4.74 Å². The van der Waals surface area contributed by atoms with Gasteiger partial charge in [0.2, 0.25) is 0 Å². The average Bonchev–Trinajstić information content (AvgIpc) is 2.74. The zero-order chi connectivity index (χ0) is 12.3. The van der Waals surface area contributed by atoms with Gasteiger partial charge in [0.15, 0.2) is 5.75 Å². The van der Waals surface area contributed by atoms with Crippen LogP contribution in [-0.4, -0.2) is 33.9 Å². The summed E-state index contributed by atoms with van der Waals surface area (Å²) in [4.78, 5) is 8.38. The van der Waals surface area contributed by atoms with Crippen LogP contribution in [0.3, 0.4) is 0 Å². The van der Waals surface area contributed by atoms with E-state index >= 15 is 0 Å². The Hall–Kier alpha value is -1.95. The molecule has 0 spiro atoms. The number of hydrogen-bond acceptors (Lipinski definition) is 5. The van der Waals surface area contributed by atoms with Crippen LogP contribution < -0.4 is 10.1 Å². The molecule has 1 atom stereocenters. The molecular weight excluding hydrogens is 218 g/mol. The minimum atomic E-state index is -0.0915. The summed E-state index contributed by atoms with van der Waals surface area (Å²) in [6, 6.07) is -0.0915. The highest BCUT2D eigenvalue weighted by Crippen LogP contribution is 2.27. The molecule has 2 aromatic heterocycles. The van der Waals surface area contributed by atoms with Gasteiger partial charge in [-0.2, -0.15) is 5.10 Å². The van der Waals surface area contributed by atoms with Crippen molar-refractivity contribution in [1.29, 1.82) is 0 Å². The second-order valence-electron chi connectivity index (χ2n) is 3.57. The van der Waals surface area contributed by atoms with Gasteiger partial charge in [0.25, 0.3) is 0 Å². The van der Waals surface area contributed by atoms with Crippen LogP contribution in [0.15, 0.2) is 24.8 Å². The largest absolute Gasteiger partial charge is 0.493 e. The molecule has 2 rings (SSSR count). The van der Waals surface area contributed by atoms with Crippen LogP contribution in [0.25, 0.3) is 0 Å². The van der Waals surface area contributed by atoms with Gasteiger partial charge >= 0.3 is 0 Å². The fourth-order valence-corrected chi connectivity index (χ4v) is 1.80. The van der Waals surface area contributed by atoms with Crippen molar-refractivity contribution in [3.63, 3.8) is 0 Å². The molecule has 1 N–H and O–H groups in total. The van der Waals surface area contributed by atoms with Gasteiger partial charge in [0.05, 0.1) is 31.2 Å². The summed E-state index contributed by atoms with van der Waals surface area (Å²) in [6.07, 6.45) is 6.74. The fourth-order valence-electron chi connectivity index (χ4n) is 1.80.